The van der Waals surface area contributed by atoms with Gasteiger partial charge in [0.2, 0.25) is 0 Å². The monoisotopic (exact) mass is 321 g/mol. The Labute approximate surface area is 129 Å². The molecule has 0 unspecified atom stereocenters. The number of benzene rings is 2. The van der Waals surface area contributed by atoms with Crippen molar-refractivity contribution in [2.45, 2.75) is 6.18 Å². The van der Waals surface area contributed by atoms with Crippen LogP contribution in [0.25, 0.3) is 0 Å². The van der Waals surface area contributed by atoms with Gasteiger partial charge in [-0.3, -0.25) is 4.79 Å². The standard InChI is InChI=1S/C16H10F3NO3/c1-22-15-6-10(8-20)2-3-14(15)23-13-5-11(9-21)4-12(7-13)16(17,18)19/h2-7,9H,1H3. The summed E-state index contributed by atoms with van der Waals surface area (Å²) in [4.78, 5) is 10.8. The Morgan fingerprint density at radius 1 is 1.13 bits per heavy atom. The minimum Gasteiger partial charge on any atom is -0.493 e. The van der Waals surface area contributed by atoms with E-state index in [4.69, 9.17) is 14.7 Å². The van der Waals surface area contributed by atoms with Crippen LogP contribution in [0.4, 0.5) is 13.2 Å². The summed E-state index contributed by atoms with van der Waals surface area (Å²) in [5, 5.41) is 8.82. The molecule has 2 aromatic rings. The lowest BCUT2D eigenvalue weighted by molar-refractivity contribution is -0.137. The minimum absolute atomic E-state index is 0.127. The number of alkyl halides is 3. The molecule has 4 nitrogen and oxygen atoms in total. The highest BCUT2D eigenvalue weighted by atomic mass is 19.4. The first-order valence-electron chi connectivity index (χ1n) is 6.31. The fourth-order valence-corrected chi connectivity index (χ4v) is 1.86. The summed E-state index contributed by atoms with van der Waals surface area (Å²) >= 11 is 0. The normalized spacial score (nSPS) is 10.7. The first-order chi connectivity index (χ1) is 10.9. The Bertz CT molecular complexity index is 779. The molecule has 0 saturated heterocycles. The van der Waals surface area contributed by atoms with E-state index in [1.165, 1.54) is 31.4 Å². The maximum Gasteiger partial charge on any atom is 0.416 e. The van der Waals surface area contributed by atoms with Crippen LogP contribution in [0.3, 0.4) is 0 Å². The molecule has 0 amide bonds. The van der Waals surface area contributed by atoms with Crippen LogP contribution in [0.2, 0.25) is 0 Å². The molecule has 0 atom stereocenters. The van der Waals surface area contributed by atoms with Crippen molar-refractivity contribution in [2.75, 3.05) is 7.11 Å². The molecule has 0 aliphatic heterocycles. The lowest BCUT2D eigenvalue weighted by atomic mass is 10.1. The van der Waals surface area contributed by atoms with Crippen LogP contribution in [0.1, 0.15) is 21.5 Å². The predicted octanol–water partition coefficient (Wildman–Crippen LogP) is 4.19. The van der Waals surface area contributed by atoms with E-state index in [9.17, 15) is 18.0 Å². The van der Waals surface area contributed by atoms with Gasteiger partial charge in [0.05, 0.1) is 24.3 Å². The first-order valence-corrected chi connectivity index (χ1v) is 6.31. The number of carbonyl (C=O) groups excluding carboxylic acids is 1. The summed E-state index contributed by atoms with van der Waals surface area (Å²) in [6.07, 6.45) is -4.30. The van der Waals surface area contributed by atoms with Gasteiger partial charge in [-0.2, -0.15) is 18.4 Å². The number of carbonyl (C=O) groups is 1. The van der Waals surface area contributed by atoms with Crippen LogP contribution in [0.15, 0.2) is 36.4 Å². The molecular formula is C16H10F3NO3. The second-order valence-corrected chi connectivity index (χ2v) is 4.49. The van der Waals surface area contributed by atoms with Gasteiger partial charge in [-0.1, -0.05) is 0 Å². The van der Waals surface area contributed by atoms with Gasteiger partial charge in [0.1, 0.15) is 12.0 Å². The summed E-state index contributed by atoms with van der Waals surface area (Å²) in [7, 11) is 1.34. The Morgan fingerprint density at radius 3 is 2.43 bits per heavy atom. The predicted molar refractivity (Wildman–Crippen MR) is 74.6 cm³/mol. The van der Waals surface area contributed by atoms with E-state index in [2.05, 4.69) is 0 Å². The quantitative estimate of drug-likeness (QED) is 0.792. The fourth-order valence-electron chi connectivity index (χ4n) is 1.86. The molecule has 0 bridgehead atoms. The molecule has 0 fully saturated rings. The maximum absolute atomic E-state index is 12.8. The molecule has 0 saturated carbocycles. The van der Waals surface area contributed by atoms with Crippen molar-refractivity contribution in [3.63, 3.8) is 0 Å². The highest BCUT2D eigenvalue weighted by molar-refractivity contribution is 5.76. The number of rotatable bonds is 4. The Hall–Kier alpha value is -3.01. The van der Waals surface area contributed by atoms with Crippen molar-refractivity contribution in [3.8, 4) is 23.3 Å². The number of nitriles is 1. The van der Waals surface area contributed by atoms with Crippen LogP contribution in [0, 0.1) is 11.3 Å². The molecule has 0 heterocycles. The molecular weight excluding hydrogens is 311 g/mol. The molecule has 2 aromatic carbocycles. The van der Waals surface area contributed by atoms with Crippen LogP contribution >= 0.6 is 0 Å². The summed E-state index contributed by atoms with van der Waals surface area (Å²) in [6.45, 7) is 0. The molecule has 23 heavy (non-hydrogen) atoms. The summed E-state index contributed by atoms with van der Waals surface area (Å²) in [5.41, 5.74) is -0.848. The molecule has 0 aromatic heterocycles. The highest BCUT2D eigenvalue weighted by Gasteiger charge is 2.31. The van der Waals surface area contributed by atoms with E-state index in [1.54, 1.807) is 0 Å². The van der Waals surface area contributed by atoms with Crippen LogP contribution < -0.4 is 9.47 Å². The molecule has 0 aliphatic rings. The number of hydrogen-bond acceptors (Lipinski definition) is 4. The van der Waals surface area contributed by atoms with E-state index in [0.717, 1.165) is 12.1 Å². The summed E-state index contributed by atoms with van der Waals surface area (Å²) in [6, 6.07) is 8.83. The smallest absolute Gasteiger partial charge is 0.416 e. The van der Waals surface area contributed by atoms with Crippen molar-refractivity contribution in [1.82, 2.24) is 0 Å². The van der Waals surface area contributed by atoms with E-state index >= 15 is 0 Å². The molecule has 0 radical (unpaired) electrons. The van der Waals surface area contributed by atoms with Crippen molar-refractivity contribution < 1.29 is 27.4 Å². The van der Waals surface area contributed by atoms with Crippen molar-refractivity contribution >= 4 is 6.29 Å². The average molecular weight is 321 g/mol. The molecule has 0 aliphatic carbocycles. The van der Waals surface area contributed by atoms with E-state index in [0.29, 0.717) is 11.8 Å². The maximum atomic E-state index is 12.8. The first kappa shape index (κ1) is 16.4. The number of nitrogens with zero attached hydrogens (tertiary/aromatic N) is 1. The second kappa shape index (κ2) is 6.40. The van der Waals surface area contributed by atoms with Gasteiger partial charge in [-0.15, -0.1) is 0 Å². The van der Waals surface area contributed by atoms with Gasteiger partial charge in [0.15, 0.2) is 11.5 Å². The highest BCUT2D eigenvalue weighted by Crippen LogP contribution is 2.36. The number of methoxy groups -OCH3 is 1. The van der Waals surface area contributed by atoms with Gasteiger partial charge in [0, 0.05) is 11.6 Å². The Morgan fingerprint density at radius 2 is 1.87 bits per heavy atom. The van der Waals surface area contributed by atoms with E-state index in [1.807, 2.05) is 6.07 Å². The van der Waals surface area contributed by atoms with Crippen molar-refractivity contribution in [1.29, 1.82) is 5.26 Å². The number of ether oxygens (including phenoxy) is 2. The van der Waals surface area contributed by atoms with Crippen LogP contribution in [0.5, 0.6) is 17.2 Å². The van der Waals surface area contributed by atoms with E-state index in [-0.39, 0.29) is 22.8 Å². The molecule has 7 heteroatoms. The van der Waals surface area contributed by atoms with Gasteiger partial charge < -0.3 is 9.47 Å². The lowest BCUT2D eigenvalue weighted by Crippen LogP contribution is -2.06. The fraction of sp³-hybridized carbons (Fsp3) is 0.125. The largest absolute Gasteiger partial charge is 0.493 e. The topological polar surface area (TPSA) is 59.3 Å². The zero-order valence-corrected chi connectivity index (χ0v) is 11.8. The molecule has 0 spiro atoms. The lowest BCUT2D eigenvalue weighted by Gasteiger charge is -2.13. The number of hydrogen-bond donors (Lipinski definition) is 0. The number of aldehydes is 1. The number of halogens is 3. The van der Waals surface area contributed by atoms with Gasteiger partial charge in [-0.25, -0.2) is 0 Å². The van der Waals surface area contributed by atoms with Crippen molar-refractivity contribution in [3.05, 3.63) is 53.1 Å². The molecule has 118 valence electrons. The second-order valence-electron chi connectivity index (χ2n) is 4.49. The third kappa shape index (κ3) is 3.80. The third-order valence-electron chi connectivity index (χ3n) is 2.91. The van der Waals surface area contributed by atoms with Gasteiger partial charge in [-0.05, 0) is 30.3 Å². The third-order valence-corrected chi connectivity index (χ3v) is 2.91. The SMILES string of the molecule is COc1cc(C#N)ccc1Oc1cc(C=O)cc(C(F)(F)F)c1. The van der Waals surface area contributed by atoms with Crippen LogP contribution in [-0.4, -0.2) is 13.4 Å². The van der Waals surface area contributed by atoms with Gasteiger partial charge in [0.25, 0.3) is 0 Å². The Balaban J connectivity index is 2.44. The molecule has 0 N–H and O–H groups in total. The molecule has 2 rings (SSSR count). The van der Waals surface area contributed by atoms with Crippen molar-refractivity contribution in [2.24, 2.45) is 0 Å². The average Bonchev–Trinajstić information content (AvgIpc) is 2.54. The van der Waals surface area contributed by atoms with Crippen LogP contribution in [-0.2, 0) is 6.18 Å². The Kier molecular flexibility index (Phi) is 4.55. The zero-order valence-electron chi connectivity index (χ0n) is 11.8. The van der Waals surface area contributed by atoms with E-state index < -0.39 is 11.7 Å². The summed E-state index contributed by atoms with van der Waals surface area (Å²) in [5.74, 6) is 0.154. The minimum atomic E-state index is -4.61. The summed E-state index contributed by atoms with van der Waals surface area (Å²) < 4.78 is 48.9. The zero-order chi connectivity index (χ0) is 17.0. The van der Waals surface area contributed by atoms with Gasteiger partial charge >= 0.3 is 6.18 Å².